The van der Waals surface area contributed by atoms with Gasteiger partial charge in [0.25, 0.3) is 0 Å². The molecule has 100 valence electrons. The van der Waals surface area contributed by atoms with Gasteiger partial charge in [0.2, 0.25) is 0 Å². The monoisotopic (exact) mass is 251 g/mol. The number of nitrogens with zero attached hydrogens (tertiary/aromatic N) is 2. The van der Waals surface area contributed by atoms with Crippen LogP contribution in [0.2, 0.25) is 0 Å². The zero-order valence-corrected chi connectivity index (χ0v) is 10.8. The molecule has 0 radical (unpaired) electrons. The highest BCUT2D eigenvalue weighted by atomic mass is 16.5. The van der Waals surface area contributed by atoms with E-state index in [1.165, 1.54) is 0 Å². The maximum Gasteiger partial charge on any atom is 0.318 e. The van der Waals surface area contributed by atoms with Crippen LogP contribution in [0.4, 0.5) is 4.79 Å². The summed E-state index contributed by atoms with van der Waals surface area (Å²) in [5, 5.41) is 12.4. The largest absolute Gasteiger partial charge is 0.378 e. The second kappa shape index (κ2) is 6.05. The van der Waals surface area contributed by atoms with Crippen LogP contribution in [0.3, 0.4) is 0 Å². The fraction of sp³-hybridized carbons (Fsp3) is 0.846. The number of urea groups is 1. The topological polar surface area (TPSA) is 65.4 Å². The van der Waals surface area contributed by atoms with Gasteiger partial charge in [0.15, 0.2) is 0 Å². The van der Waals surface area contributed by atoms with E-state index in [4.69, 9.17) is 4.74 Å². The number of nitrogens with one attached hydrogen (secondary N) is 1. The van der Waals surface area contributed by atoms with Crippen LogP contribution in [0.15, 0.2) is 0 Å². The molecule has 1 heterocycles. The van der Waals surface area contributed by atoms with Crippen molar-refractivity contribution in [2.45, 2.75) is 44.1 Å². The van der Waals surface area contributed by atoms with E-state index in [0.717, 1.165) is 38.5 Å². The SMILES string of the molecule is N#CC1(NC(=O)N2CCOCC2)CCCCCC1. The van der Waals surface area contributed by atoms with Crippen molar-refractivity contribution in [2.75, 3.05) is 26.3 Å². The Bertz CT molecular complexity index is 324. The highest BCUT2D eigenvalue weighted by molar-refractivity contribution is 5.75. The van der Waals surface area contributed by atoms with Crippen molar-refractivity contribution < 1.29 is 9.53 Å². The standard InChI is InChI=1S/C13H21N3O2/c14-11-13(5-3-1-2-4-6-13)15-12(17)16-7-9-18-10-8-16/h1-10H2,(H,15,17). The Morgan fingerprint density at radius 2 is 1.78 bits per heavy atom. The van der Waals surface area contributed by atoms with Crippen molar-refractivity contribution >= 4 is 6.03 Å². The summed E-state index contributed by atoms with van der Waals surface area (Å²) >= 11 is 0. The van der Waals surface area contributed by atoms with Gasteiger partial charge < -0.3 is 15.0 Å². The van der Waals surface area contributed by atoms with E-state index in [9.17, 15) is 10.1 Å². The van der Waals surface area contributed by atoms with Crippen molar-refractivity contribution in [1.82, 2.24) is 10.2 Å². The summed E-state index contributed by atoms with van der Waals surface area (Å²) in [7, 11) is 0. The summed E-state index contributed by atoms with van der Waals surface area (Å²) in [6.45, 7) is 2.42. The zero-order valence-electron chi connectivity index (χ0n) is 10.8. The van der Waals surface area contributed by atoms with Crippen molar-refractivity contribution in [2.24, 2.45) is 0 Å². The molecule has 1 aliphatic heterocycles. The third kappa shape index (κ3) is 3.14. The van der Waals surface area contributed by atoms with Crippen molar-refractivity contribution in [3.63, 3.8) is 0 Å². The van der Waals surface area contributed by atoms with Crippen LogP contribution in [-0.4, -0.2) is 42.8 Å². The van der Waals surface area contributed by atoms with E-state index in [0.29, 0.717) is 26.3 Å². The molecule has 18 heavy (non-hydrogen) atoms. The Labute approximate surface area is 108 Å². The number of rotatable bonds is 1. The Morgan fingerprint density at radius 3 is 2.33 bits per heavy atom. The van der Waals surface area contributed by atoms with Crippen LogP contribution in [0.1, 0.15) is 38.5 Å². The number of carbonyl (C=O) groups excluding carboxylic acids is 1. The van der Waals surface area contributed by atoms with Gasteiger partial charge in [-0.05, 0) is 12.8 Å². The molecule has 0 bridgehead atoms. The quantitative estimate of drug-likeness (QED) is 0.721. The molecular formula is C13H21N3O2. The van der Waals surface area contributed by atoms with E-state index in [1.807, 2.05) is 0 Å². The summed E-state index contributed by atoms with van der Waals surface area (Å²) in [5.41, 5.74) is -0.647. The summed E-state index contributed by atoms with van der Waals surface area (Å²) in [6, 6.07) is 2.23. The fourth-order valence-corrected chi connectivity index (χ4v) is 2.65. The van der Waals surface area contributed by atoms with Crippen LogP contribution in [0.25, 0.3) is 0 Å². The van der Waals surface area contributed by atoms with Crippen LogP contribution in [-0.2, 0) is 4.74 Å². The first kappa shape index (κ1) is 13.2. The second-order valence-electron chi connectivity index (χ2n) is 5.14. The van der Waals surface area contributed by atoms with E-state index in [2.05, 4.69) is 11.4 Å². The third-order valence-electron chi connectivity index (χ3n) is 3.82. The predicted molar refractivity (Wildman–Crippen MR) is 67.0 cm³/mol. The van der Waals surface area contributed by atoms with Gasteiger partial charge in [0.1, 0.15) is 5.54 Å². The first-order valence-corrected chi connectivity index (χ1v) is 6.82. The molecule has 1 aliphatic carbocycles. The van der Waals surface area contributed by atoms with Gasteiger partial charge in [-0.1, -0.05) is 25.7 Å². The van der Waals surface area contributed by atoms with Gasteiger partial charge >= 0.3 is 6.03 Å². The number of carbonyl (C=O) groups is 1. The van der Waals surface area contributed by atoms with Crippen LogP contribution < -0.4 is 5.32 Å². The minimum Gasteiger partial charge on any atom is -0.378 e. The average Bonchev–Trinajstić information content (AvgIpc) is 2.66. The lowest BCUT2D eigenvalue weighted by molar-refractivity contribution is 0.0515. The van der Waals surface area contributed by atoms with E-state index >= 15 is 0 Å². The van der Waals surface area contributed by atoms with E-state index < -0.39 is 5.54 Å². The number of hydrogen-bond donors (Lipinski definition) is 1. The molecule has 0 aromatic heterocycles. The van der Waals surface area contributed by atoms with Crippen LogP contribution >= 0.6 is 0 Å². The molecular weight excluding hydrogens is 230 g/mol. The number of ether oxygens (including phenoxy) is 1. The molecule has 1 saturated heterocycles. The zero-order chi connectivity index (χ0) is 12.8. The molecule has 2 aliphatic rings. The van der Waals surface area contributed by atoms with E-state index in [-0.39, 0.29) is 6.03 Å². The number of hydrogen-bond acceptors (Lipinski definition) is 3. The van der Waals surface area contributed by atoms with Crippen molar-refractivity contribution in [3.8, 4) is 6.07 Å². The molecule has 0 spiro atoms. The lowest BCUT2D eigenvalue weighted by Crippen LogP contribution is -2.54. The Kier molecular flexibility index (Phi) is 4.43. The smallest absolute Gasteiger partial charge is 0.318 e. The maximum absolute atomic E-state index is 12.2. The molecule has 5 heteroatoms. The first-order chi connectivity index (χ1) is 8.76. The average molecular weight is 251 g/mol. The third-order valence-corrected chi connectivity index (χ3v) is 3.82. The Balaban J connectivity index is 1.96. The molecule has 5 nitrogen and oxygen atoms in total. The molecule has 2 rings (SSSR count). The van der Waals surface area contributed by atoms with Gasteiger partial charge in [0, 0.05) is 13.1 Å². The highest BCUT2D eigenvalue weighted by Gasteiger charge is 2.34. The summed E-state index contributed by atoms with van der Waals surface area (Å²) < 4.78 is 5.22. The van der Waals surface area contributed by atoms with Gasteiger partial charge in [-0.15, -0.1) is 0 Å². The highest BCUT2D eigenvalue weighted by Crippen LogP contribution is 2.26. The summed E-state index contributed by atoms with van der Waals surface area (Å²) in [4.78, 5) is 13.9. The molecule has 0 aromatic rings. The minimum atomic E-state index is -0.647. The fourth-order valence-electron chi connectivity index (χ4n) is 2.65. The molecule has 0 aromatic carbocycles. The molecule has 2 fully saturated rings. The maximum atomic E-state index is 12.2. The summed E-state index contributed by atoms with van der Waals surface area (Å²) in [6.07, 6.45) is 5.93. The second-order valence-corrected chi connectivity index (χ2v) is 5.14. The molecule has 0 unspecified atom stereocenters. The van der Waals surface area contributed by atoms with Crippen LogP contribution in [0.5, 0.6) is 0 Å². The minimum absolute atomic E-state index is 0.109. The molecule has 1 N–H and O–H groups in total. The van der Waals surface area contributed by atoms with Gasteiger partial charge in [0.05, 0.1) is 19.3 Å². The van der Waals surface area contributed by atoms with Crippen molar-refractivity contribution in [1.29, 1.82) is 5.26 Å². The molecule has 1 saturated carbocycles. The Hall–Kier alpha value is -1.28. The predicted octanol–water partition coefficient (Wildman–Crippen LogP) is 1.64. The van der Waals surface area contributed by atoms with Gasteiger partial charge in [-0.2, -0.15) is 5.26 Å². The number of amides is 2. The van der Waals surface area contributed by atoms with E-state index in [1.54, 1.807) is 4.90 Å². The summed E-state index contributed by atoms with van der Waals surface area (Å²) in [5.74, 6) is 0. The Morgan fingerprint density at radius 1 is 1.17 bits per heavy atom. The lowest BCUT2D eigenvalue weighted by Gasteiger charge is -2.32. The van der Waals surface area contributed by atoms with Gasteiger partial charge in [-0.25, -0.2) is 4.79 Å². The number of morpholine rings is 1. The van der Waals surface area contributed by atoms with Gasteiger partial charge in [-0.3, -0.25) is 0 Å². The lowest BCUT2D eigenvalue weighted by atomic mass is 9.92. The number of nitriles is 1. The first-order valence-electron chi connectivity index (χ1n) is 6.82. The van der Waals surface area contributed by atoms with Crippen LogP contribution in [0, 0.1) is 11.3 Å². The molecule has 2 amide bonds. The molecule has 0 atom stereocenters. The normalized spacial score (nSPS) is 23.8. The van der Waals surface area contributed by atoms with Crippen molar-refractivity contribution in [3.05, 3.63) is 0 Å².